The summed E-state index contributed by atoms with van der Waals surface area (Å²) in [5.41, 5.74) is 1.95. The van der Waals surface area contributed by atoms with Gasteiger partial charge in [-0.1, -0.05) is 12.1 Å². The number of hydrogen-bond acceptors (Lipinski definition) is 5. The molecule has 23 heavy (non-hydrogen) atoms. The molecule has 0 saturated heterocycles. The summed E-state index contributed by atoms with van der Waals surface area (Å²) < 4.78 is 24.5. The number of nitrogens with zero attached hydrogens (tertiary/aromatic N) is 1. The average molecular weight is 400 g/mol. The smallest absolute Gasteiger partial charge is 0.269 e. The Kier molecular flexibility index (Phi) is 5.08. The van der Waals surface area contributed by atoms with E-state index in [4.69, 9.17) is 0 Å². The van der Waals surface area contributed by atoms with Gasteiger partial charge in [0.15, 0.2) is 0 Å². The molecule has 0 saturated carbocycles. The van der Waals surface area contributed by atoms with E-state index in [2.05, 4.69) is 15.9 Å². The van der Waals surface area contributed by atoms with E-state index < -0.39 is 20.9 Å². The van der Waals surface area contributed by atoms with Crippen molar-refractivity contribution < 1.29 is 18.1 Å². The predicted octanol–water partition coefficient (Wildman–Crippen LogP) is 1.98. The van der Waals surface area contributed by atoms with Crippen LogP contribution in [0.4, 0.5) is 5.69 Å². The van der Waals surface area contributed by atoms with Gasteiger partial charge in [-0.2, -0.15) is 0 Å². The third-order valence-corrected chi connectivity index (χ3v) is 5.03. The Labute approximate surface area is 139 Å². The zero-order valence-electron chi connectivity index (χ0n) is 11.4. The fraction of sp³-hybridized carbons (Fsp3) is 0. The van der Waals surface area contributed by atoms with E-state index in [1.165, 1.54) is 24.3 Å². The summed E-state index contributed by atoms with van der Waals surface area (Å²) in [4.78, 5) is 23.7. The van der Waals surface area contributed by atoms with Crippen LogP contribution in [0.5, 0.6) is 0 Å². The number of benzene rings is 2. The molecule has 8 nitrogen and oxygen atoms in total. The number of amides is 1. The molecule has 0 radical (unpaired) electrons. The highest BCUT2D eigenvalue weighted by atomic mass is 79.9. The van der Waals surface area contributed by atoms with Gasteiger partial charge in [0.05, 0.1) is 9.82 Å². The van der Waals surface area contributed by atoms with Crippen molar-refractivity contribution in [2.24, 2.45) is 0 Å². The summed E-state index contributed by atoms with van der Waals surface area (Å²) in [6.45, 7) is 0. The number of sulfonamides is 1. The lowest BCUT2D eigenvalue weighted by molar-refractivity contribution is -0.384. The van der Waals surface area contributed by atoms with Gasteiger partial charge in [-0.3, -0.25) is 20.3 Å². The van der Waals surface area contributed by atoms with E-state index in [0.29, 0.717) is 4.47 Å². The maximum absolute atomic E-state index is 12.1. The molecule has 0 fully saturated rings. The second-order valence-electron chi connectivity index (χ2n) is 4.29. The molecule has 0 heterocycles. The van der Waals surface area contributed by atoms with E-state index >= 15 is 0 Å². The van der Waals surface area contributed by atoms with Crippen molar-refractivity contribution in [3.05, 3.63) is 68.7 Å². The minimum absolute atomic E-state index is 0.0380. The number of halogens is 1. The van der Waals surface area contributed by atoms with Crippen molar-refractivity contribution in [1.82, 2.24) is 10.3 Å². The third kappa shape index (κ3) is 4.12. The van der Waals surface area contributed by atoms with E-state index in [1.807, 2.05) is 10.3 Å². The van der Waals surface area contributed by atoms with Crippen molar-refractivity contribution in [2.75, 3.05) is 0 Å². The van der Waals surface area contributed by atoms with Crippen LogP contribution in [0, 0.1) is 10.1 Å². The van der Waals surface area contributed by atoms with Crippen LogP contribution < -0.4 is 10.3 Å². The van der Waals surface area contributed by atoms with E-state index in [1.54, 1.807) is 12.1 Å². The third-order valence-electron chi connectivity index (χ3n) is 2.77. The molecule has 0 bridgehead atoms. The van der Waals surface area contributed by atoms with Crippen molar-refractivity contribution in [2.45, 2.75) is 4.90 Å². The van der Waals surface area contributed by atoms with Crippen LogP contribution in [0.1, 0.15) is 10.4 Å². The second-order valence-corrected chi connectivity index (χ2v) is 6.80. The van der Waals surface area contributed by atoms with Crippen molar-refractivity contribution in [1.29, 1.82) is 0 Å². The molecule has 2 N–H and O–H groups in total. The fourth-order valence-electron chi connectivity index (χ4n) is 1.64. The van der Waals surface area contributed by atoms with Gasteiger partial charge >= 0.3 is 0 Å². The molecule has 2 aromatic carbocycles. The predicted molar refractivity (Wildman–Crippen MR) is 85.0 cm³/mol. The topological polar surface area (TPSA) is 118 Å². The van der Waals surface area contributed by atoms with Crippen LogP contribution in [-0.2, 0) is 10.0 Å². The van der Waals surface area contributed by atoms with Crippen molar-refractivity contribution >= 4 is 37.5 Å². The number of nitro groups is 1. The molecule has 2 aromatic rings. The quantitative estimate of drug-likeness (QED) is 0.588. The first-order chi connectivity index (χ1) is 10.8. The SMILES string of the molecule is O=C(NNS(=O)(=O)c1ccccc1Br)c1ccc([N+](=O)[O-])cc1. The molecule has 0 aliphatic heterocycles. The molecule has 1 amide bonds. The Morgan fingerprint density at radius 1 is 1.09 bits per heavy atom. The lowest BCUT2D eigenvalue weighted by atomic mass is 10.2. The Morgan fingerprint density at radius 3 is 2.26 bits per heavy atom. The zero-order chi connectivity index (χ0) is 17.0. The van der Waals surface area contributed by atoms with Crippen LogP contribution in [0.3, 0.4) is 0 Å². The standard InChI is InChI=1S/C13H10BrN3O5S/c14-11-3-1-2-4-12(11)23(21,22)16-15-13(18)9-5-7-10(8-6-9)17(19)20/h1-8,16H,(H,15,18). The van der Waals surface area contributed by atoms with Crippen molar-refractivity contribution in [3.63, 3.8) is 0 Å². The summed E-state index contributed by atoms with van der Waals surface area (Å²) in [6, 6.07) is 10.8. The number of carbonyl (C=O) groups is 1. The van der Waals surface area contributed by atoms with Crippen molar-refractivity contribution in [3.8, 4) is 0 Å². The van der Waals surface area contributed by atoms with Gasteiger partial charge in [0, 0.05) is 22.2 Å². The van der Waals surface area contributed by atoms with Crippen LogP contribution in [-0.4, -0.2) is 19.2 Å². The number of carbonyl (C=O) groups excluding carboxylic acids is 1. The van der Waals surface area contributed by atoms with Crippen LogP contribution >= 0.6 is 15.9 Å². The highest BCUT2D eigenvalue weighted by Crippen LogP contribution is 2.20. The van der Waals surface area contributed by atoms with Gasteiger partial charge in [-0.15, -0.1) is 4.83 Å². The van der Waals surface area contributed by atoms with Gasteiger partial charge in [-0.25, -0.2) is 8.42 Å². The van der Waals surface area contributed by atoms with E-state index in [9.17, 15) is 23.3 Å². The first kappa shape index (κ1) is 17.1. The Morgan fingerprint density at radius 2 is 1.70 bits per heavy atom. The highest BCUT2D eigenvalue weighted by Gasteiger charge is 2.18. The molecule has 120 valence electrons. The van der Waals surface area contributed by atoms with Crippen LogP contribution in [0.15, 0.2) is 57.9 Å². The Hall–Kier alpha value is -2.30. The molecule has 2 rings (SSSR count). The number of hydrazine groups is 1. The fourth-order valence-corrected chi connectivity index (χ4v) is 3.48. The molecular formula is C13H10BrN3O5S. The summed E-state index contributed by atoms with van der Waals surface area (Å²) in [5, 5.41) is 10.5. The second kappa shape index (κ2) is 6.86. The molecular weight excluding hydrogens is 390 g/mol. The number of rotatable bonds is 5. The lowest BCUT2D eigenvalue weighted by Crippen LogP contribution is -2.41. The largest absolute Gasteiger partial charge is 0.273 e. The summed E-state index contributed by atoms with van der Waals surface area (Å²) >= 11 is 3.11. The maximum atomic E-state index is 12.1. The number of nitrogens with one attached hydrogen (secondary N) is 2. The minimum atomic E-state index is -3.95. The molecule has 0 spiro atoms. The minimum Gasteiger partial charge on any atom is -0.273 e. The summed E-state index contributed by atoms with van der Waals surface area (Å²) in [5.74, 6) is -0.740. The van der Waals surface area contributed by atoms with E-state index in [-0.39, 0.29) is 16.1 Å². The first-order valence-electron chi connectivity index (χ1n) is 6.12. The maximum Gasteiger partial charge on any atom is 0.269 e. The van der Waals surface area contributed by atoms with Crippen LogP contribution in [0.25, 0.3) is 0 Å². The average Bonchev–Trinajstić information content (AvgIpc) is 2.53. The zero-order valence-corrected chi connectivity index (χ0v) is 13.8. The lowest BCUT2D eigenvalue weighted by Gasteiger charge is -2.09. The van der Waals surface area contributed by atoms with Gasteiger partial charge in [0.1, 0.15) is 0 Å². The molecule has 0 unspecified atom stereocenters. The molecule has 10 heteroatoms. The molecule has 0 aromatic heterocycles. The summed E-state index contributed by atoms with van der Waals surface area (Å²) in [7, 11) is -3.95. The monoisotopic (exact) mass is 399 g/mol. The van der Waals surface area contributed by atoms with Gasteiger partial charge in [0.2, 0.25) is 0 Å². The van der Waals surface area contributed by atoms with E-state index in [0.717, 1.165) is 12.1 Å². The summed E-state index contributed by atoms with van der Waals surface area (Å²) in [6.07, 6.45) is 0. The van der Waals surface area contributed by atoms with Gasteiger partial charge in [-0.05, 0) is 40.2 Å². The number of nitro benzene ring substituents is 1. The normalized spacial score (nSPS) is 11.0. The number of hydrogen-bond donors (Lipinski definition) is 2. The number of non-ortho nitro benzene ring substituents is 1. The molecule has 0 aliphatic carbocycles. The van der Waals surface area contributed by atoms with Gasteiger partial charge < -0.3 is 0 Å². The van der Waals surface area contributed by atoms with Crippen LogP contribution in [0.2, 0.25) is 0 Å². The molecule has 0 aliphatic rings. The highest BCUT2D eigenvalue weighted by molar-refractivity contribution is 9.10. The Bertz CT molecular complexity index is 852. The molecule has 0 atom stereocenters. The van der Waals surface area contributed by atoms with Gasteiger partial charge in [0.25, 0.3) is 21.6 Å². The first-order valence-corrected chi connectivity index (χ1v) is 8.40. The Balaban J connectivity index is 2.09.